The molecule has 0 saturated heterocycles. The number of hydrazone groups is 1. The number of carbonyl (C=O) groups excluding carboxylic acids is 1. The molecule has 0 saturated carbocycles. The third-order valence-corrected chi connectivity index (χ3v) is 15.6. The Labute approximate surface area is 242 Å². The number of hydrogen-bond donors (Lipinski definition) is 2. The van der Waals surface area contributed by atoms with Crippen molar-refractivity contribution in [3.05, 3.63) is 76.0 Å². The third kappa shape index (κ3) is 7.28. The van der Waals surface area contributed by atoms with E-state index >= 15 is 0 Å². The van der Waals surface area contributed by atoms with E-state index in [4.69, 9.17) is 8.10 Å². The molecule has 0 bridgehead atoms. The number of anilines is 2. The zero-order chi connectivity index (χ0) is 27.1. The number of nitrogens with one attached hydrogen (secondary N) is 2. The summed E-state index contributed by atoms with van der Waals surface area (Å²) in [5.74, 6) is -0.151. The van der Waals surface area contributed by atoms with Gasteiger partial charge >= 0.3 is 216 Å². The Kier molecular flexibility index (Phi) is 9.69. The van der Waals surface area contributed by atoms with E-state index in [0.717, 1.165) is 17.6 Å². The van der Waals surface area contributed by atoms with Gasteiger partial charge in [-0.1, -0.05) is 0 Å². The summed E-state index contributed by atoms with van der Waals surface area (Å²) < 4.78 is 37.6. The third-order valence-electron chi connectivity index (χ3n) is 4.67. The van der Waals surface area contributed by atoms with E-state index in [1.807, 2.05) is 37.3 Å². The van der Waals surface area contributed by atoms with Crippen molar-refractivity contribution in [2.75, 3.05) is 9.73 Å². The van der Waals surface area contributed by atoms with Crippen LogP contribution < -0.4 is 9.73 Å². The number of hydrogen-bond acceptors (Lipinski definition) is 12. The second-order valence-corrected chi connectivity index (χ2v) is 16.8. The maximum atomic E-state index is 12.5. The van der Waals surface area contributed by atoms with E-state index in [0.29, 0.717) is 21.2 Å². The fourth-order valence-electron chi connectivity index (χ4n) is 3.00. The van der Waals surface area contributed by atoms with Gasteiger partial charge in [0.15, 0.2) is 0 Å². The van der Waals surface area contributed by atoms with Crippen molar-refractivity contribution >= 4 is 98.8 Å². The molecule has 1 aromatic heterocycles. The van der Waals surface area contributed by atoms with Crippen LogP contribution in [-0.4, -0.2) is 54.1 Å². The van der Waals surface area contributed by atoms with Crippen LogP contribution >= 0.6 is 31.6 Å². The van der Waals surface area contributed by atoms with Gasteiger partial charge in [-0.05, 0) is 0 Å². The van der Waals surface area contributed by atoms with Gasteiger partial charge in [0.1, 0.15) is 0 Å². The van der Waals surface area contributed by atoms with Crippen molar-refractivity contribution in [1.82, 2.24) is 4.98 Å². The average molecular weight is 781 g/mol. The topological polar surface area (TPSA) is 150 Å². The SMILES string of the molecule is CC(=O)[O][Pb][S]/C(SN=Nc1ccc(S(=O)(=O)Nc2nccs2)cc1)=C1/C(=N)N(c2ccccc2)N=C1C. The van der Waals surface area contributed by atoms with Crippen LogP contribution in [0.5, 0.6) is 0 Å². The van der Waals surface area contributed by atoms with E-state index in [2.05, 4.69) is 24.4 Å². The number of rotatable bonds is 10. The van der Waals surface area contributed by atoms with Crippen LogP contribution in [0.3, 0.4) is 0 Å². The maximum absolute atomic E-state index is 12.5. The normalized spacial score (nSPS) is 15.1. The number of sulfonamides is 1. The molecule has 3 aromatic rings. The second-order valence-electron chi connectivity index (χ2n) is 7.33. The summed E-state index contributed by atoms with van der Waals surface area (Å²) in [6.45, 7) is 3.18. The minimum absolute atomic E-state index is 0.0692. The number of para-hydroxylation sites is 1. The fourth-order valence-corrected chi connectivity index (χ4v) is 12.3. The number of amidine groups is 1. The van der Waals surface area contributed by atoms with Gasteiger partial charge in [0.05, 0.1) is 0 Å². The van der Waals surface area contributed by atoms with Gasteiger partial charge in [0.25, 0.3) is 0 Å². The van der Waals surface area contributed by atoms with Gasteiger partial charge in [0.2, 0.25) is 0 Å². The Morgan fingerprint density at radius 1 is 1.18 bits per heavy atom. The molecule has 2 aromatic carbocycles. The fraction of sp³-hybridized carbons (Fsp3) is 0.0909. The number of nitrogens with zero attached hydrogens (tertiary/aromatic N) is 5. The predicted molar refractivity (Wildman–Crippen MR) is 153 cm³/mol. The summed E-state index contributed by atoms with van der Waals surface area (Å²) in [6, 6.07) is 15.3. The molecule has 0 unspecified atom stereocenters. The first kappa shape index (κ1) is 28.4. The van der Waals surface area contributed by atoms with Crippen molar-refractivity contribution in [1.29, 1.82) is 5.41 Å². The van der Waals surface area contributed by atoms with E-state index < -0.39 is 33.2 Å². The monoisotopic (exact) mass is 781 g/mol. The Bertz CT molecular complexity index is 1510. The Hall–Kier alpha value is -2.61. The van der Waals surface area contributed by atoms with Crippen LogP contribution in [-0.2, 0) is 17.5 Å². The van der Waals surface area contributed by atoms with Crippen LogP contribution in [0.2, 0.25) is 0 Å². The first-order chi connectivity index (χ1) is 18.2. The summed E-state index contributed by atoms with van der Waals surface area (Å²) >= 11 is 0.356. The molecule has 1 aliphatic heterocycles. The van der Waals surface area contributed by atoms with E-state index in [1.54, 1.807) is 22.5 Å². The molecule has 1 aliphatic rings. The molecule has 0 atom stereocenters. The second kappa shape index (κ2) is 13.0. The van der Waals surface area contributed by atoms with Gasteiger partial charge in [-0.15, -0.1) is 11.3 Å². The molecular formula is C22H19N7O4PbS4. The zero-order valence-electron chi connectivity index (χ0n) is 19.9. The van der Waals surface area contributed by atoms with Gasteiger partial charge in [-0.2, -0.15) is 0 Å². The first-order valence-corrected chi connectivity index (χ1v) is 21.0. The summed E-state index contributed by atoms with van der Waals surface area (Å²) in [4.78, 5) is 15.3. The average Bonchev–Trinajstić information content (AvgIpc) is 3.50. The molecular weight excluding hydrogens is 762 g/mol. The number of carbonyl (C=O) groups is 1. The van der Waals surface area contributed by atoms with Crippen LogP contribution in [0.4, 0.5) is 16.5 Å². The van der Waals surface area contributed by atoms with E-state index in [-0.39, 0.29) is 21.8 Å². The summed E-state index contributed by atoms with van der Waals surface area (Å²) in [7, 11) is -2.38. The molecule has 194 valence electrons. The molecule has 16 heteroatoms. The Balaban J connectivity index is 1.51. The molecule has 0 spiro atoms. The molecule has 2 N–H and O–H groups in total. The van der Waals surface area contributed by atoms with Crippen molar-refractivity contribution in [3.8, 4) is 0 Å². The van der Waals surface area contributed by atoms with E-state index in [1.165, 1.54) is 44.9 Å². The van der Waals surface area contributed by atoms with Gasteiger partial charge in [-0.3, -0.25) is 0 Å². The summed E-state index contributed by atoms with van der Waals surface area (Å²) in [5.41, 5.74) is 2.43. The number of aromatic nitrogens is 1. The molecule has 0 aliphatic carbocycles. The van der Waals surface area contributed by atoms with Crippen molar-refractivity contribution in [2.24, 2.45) is 14.7 Å². The molecule has 11 nitrogen and oxygen atoms in total. The number of benzene rings is 2. The van der Waals surface area contributed by atoms with Crippen LogP contribution in [0.1, 0.15) is 13.8 Å². The quantitative estimate of drug-likeness (QED) is 0.154. The molecule has 2 radical (unpaired) electrons. The van der Waals surface area contributed by atoms with Crippen molar-refractivity contribution in [2.45, 2.75) is 18.7 Å². The predicted octanol–water partition coefficient (Wildman–Crippen LogP) is 5.59. The number of thiazole rings is 1. The minimum atomic E-state index is -3.77. The summed E-state index contributed by atoms with van der Waals surface area (Å²) in [6.07, 6.45) is 1.51. The van der Waals surface area contributed by atoms with Crippen LogP contribution in [0.25, 0.3) is 0 Å². The molecule has 0 amide bonds. The standard InChI is InChI=1S/C20H17N7O2S4.C2H4O2.Pb/c1-13-17(18(21)27(24-13)15-5-3-2-4-6-15)19(30)32-26-23-14-7-9-16(10-8-14)33(28,29)25-20-22-11-12-31-20;1-2(3)4;/h2-12,21,30H,1H3,(H,22,25);1H3,(H,3,4);/q;;+2/p-2/b19-17-,21-18?,26-23?;;. The van der Waals surface area contributed by atoms with Crippen LogP contribution in [0, 0.1) is 5.41 Å². The van der Waals surface area contributed by atoms with Gasteiger partial charge in [0, 0.05) is 11.6 Å². The molecule has 2 heterocycles. The van der Waals surface area contributed by atoms with Gasteiger partial charge in [-0.25, -0.2) is 4.98 Å². The molecule has 0 fully saturated rings. The Morgan fingerprint density at radius 2 is 1.92 bits per heavy atom. The first-order valence-electron chi connectivity index (χ1n) is 10.7. The van der Waals surface area contributed by atoms with E-state index in [9.17, 15) is 13.2 Å². The van der Waals surface area contributed by atoms with Gasteiger partial charge < -0.3 is 0 Å². The summed E-state index contributed by atoms with van der Waals surface area (Å²) in [5, 5.41) is 21.0. The van der Waals surface area contributed by atoms with Crippen LogP contribution in [0.15, 0.2) is 95.6 Å². The molecule has 38 heavy (non-hydrogen) atoms. The van der Waals surface area contributed by atoms with Crippen molar-refractivity contribution in [3.63, 3.8) is 0 Å². The van der Waals surface area contributed by atoms with Crippen molar-refractivity contribution < 1.29 is 15.9 Å². The Morgan fingerprint density at radius 3 is 2.58 bits per heavy atom. The molecule has 4 rings (SSSR count). The zero-order valence-corrected chi connectivity index (χ0v) is 27.0.